The van der Waals surface area contributed by atoms with Crippen LogP contribution in [0.25, 0.3) is 0 Å². The molecule has 2 aliphatic heterocycles. The van der Waals surface area contributed by atoms with Crippen LogP contribution in [0.2, 0.25) is 5.02 Å². The first-order valence-corrected chi connectivity index (χ1v) is 11.7. The van der Waals surface area contributed by atoms with Crippen LogP contribution in [0.5, 0.6) is 0 Å². The normalized spacial score (nSPS) is 19.6. The minimum atomic E-state index is -0.289. The van der Waals surface area contributed by atoms with Gasteiger partial charge >= 0.3 is 0 Å². The highest BCUT2D eigenvalue weighted by atomic mass is 35.5. The van der Waals surface area contributed by atoms with Gasteiger partial charge in [-0.25, -0.2) is 0 Å². The molecular weight excluding hydrogens is 434 g/mol. The summed E-state index contributed by atoms with van der Waals surface area (Å²) in [5.41, 5.74) is 8.00. The molecule has 162 valence electrons. The number of hydrogen-bond donors (Lipinski definition) is 1. The van der Waals surface area contributed by atoms with E-state index < -0.39 is 0 Å². The van der Waals surface area contributed by atoms with Gasteiger partial charge in [0, 0.05) is 36.1 Å². The maximum Gasteiger partial charge on any atom is 0.253 e. The van der Waals surface area contributed by atoms with Crippen LogP contribution in [-0.2, 0) is 16.1 Å². The molecular formula is C23H24ClN3O3S. The topological polar surface area (TPSA) is 83.7 Å². The predicted molar refractivity (Wildman–Crippen MR) is 121 cm³/mol. The molecule has 2 saturated heterocycles. The van der Waals surface area contributed by atoms with E-state index in [2.05, 4.69) is 0 Å². The number of carbonyl (C=O) groups excluding carboxylic acids is 3. The van der Waals surface area contributed by atoms with E-state index in [0.29, 0.717) is 48.8 Å². The summed E-state index contributed by atoms with van der Waals surface area (Å²) in [4.78, 5) is 40.3. The zero-order valence-electron chi connectivity index (χ0n) is 17.0. The van der Waals surface area contributed by atoms with Gasteiger partial charge in [0.05, 0.1) is 5.75 Å². The Hall–Kier alpha value is -2.51. The van der Waals surface area contributed by atoms with Gasteiger partial charge < -0.3 is 15.5 Å². The first-order chi connectivity index (χ1) is 14.9. The van der Waals surface area contributed by atoms with Crippen molar-refractivity contribution >= 4 is 41.1 Å². The Bertz CT molecular complexity index is 973. The Balaban J connectivity index is 1.43. The van der Waals surface area contributed by atoms with Crippen molar-refractivity contribution in [3.05, 3.63) is 70.2 Å². The first kappa shape index (κ1) is 21.7. The number of nitrogens with zero attached hydrogens (tertiary/aromatic N) is 2. The van der Waals surface area contributed by atoms with Crippen LogP contribution in [0.15, 0.2) is 48.5 Å². The van der Waals surface area contributed by atoms with Gasteiger partial charge in [-0.2, -0.15) is 0 Å². The van der Waals surface area contributed by atoms with E-state index in [9.17, 15) is 14.4 Å². The monoisotopic (exact) mass is 457 g/mol. The fourth-order valence-electron chi connectivity index (χ4n) is 4.03. The van der Waals surface area contributed by atoms with E-state index in [0.717, 1.165) is 11.1 Å². The third-order valence-corrected chi connectivity index (χ3v) is 7.37. The average molecular weight is 458 g/mol. The molecule has 0 saturated carbocycles. The second-order valence-electron chi connectivity index (χ2n) is 7.90. The van der Waals surface area contributed by atoms with Gasteiger partial charge in [-0.3, -0.25) is 14.4 Å². The van der Waals surface area contributed by atoms with Crippen molar-refractivity contribution in [3.63, 3.8) is 0 Å². The molecule has 31 heavy (non-hydrogen) atoms. The van der Waals surface area contributed by atoms with Crippen molar-refractivity contribution < 1.29 is 14.4 Å². The van der Waals surface area contributed by atoms with Gasteiger partial charge in [-0.05, 0) is 48.2 Å². The molecule has 6 nitrogen and oxygen atoms in total. The molecule has 1 atom stereocenters. The summed E-state index contributed by atoms with van der Waals surface area (Å²) in [5, 5.41) is 0.583. The predicted octanol–water partition coefficient (Wildman–Crippen LogP) is 3.45. The molecule has 3 amide bonds. The number of piperidine rings is 1. The molecule has 2 aliphatic rings. The zero-order chi connectivity index (χ0) is 22.0. The van der Waals surface area contributed by atoms with E-state index in [1.807, 2.05) is 53.4 Å². The third-order valence-electron chi connectivity index (χ3n) is 5.86. The molecule has 2 N–H and O–H groups in total. The molecule has 2 heterocycles. The van der Waals surface area contributed by atoms with Crippen molar-refractivity contribution in [2.75, 3.05) is 18.8 Å². The minimum absolute atomic E-state index is 0.0392. The molecule has 0 unspecified atom stereocenters. The molecule has 8 heteroatoms. The largest absolute Gasteiger partial charge is 0.369 e. The van der Waals surface area contributed by atoms with Crippen LogP contribution in [-0.4, -0.2) is 46.4 Å². The van der Waals surface area contributed by atoms with Crippen molar-refractivity contribution in [1.82, 2.24) is 9.80 Å². The lowest BCUT2D eigenvalue weighted by Gasteiger charge is -2.30. The third kappa shape index (κ3) is 4.88. The van der Waals surface area contributed by atoms with E-state index in [-0.39, 0.29) is 29.0 Å². The van der Waals surface area contributed by atoms with Crippen LogP contribution in [0.4, 0.5) is 0 Å². The zero-order valence-corrected chi connectivity index (χ0v) is 18.6. The summed E-state index contributed by atoms with van der Waals surface area (Å²) in [6, 6.07) is 15.0. The lowest BCUT2D eigenvalue weighted by molar-refractivity contribution is -0.128. The molecule has 0 spiro atoms. The Kier molecular flexibility index (Phi) is 6.53. The molecule has 2 fully saturated rings. The van der Waals surface area contributed by atoms with E-state index >= 15 is 0 Å². The average Bonchev–Trinajstić information content (AvgIpc) is 3.15. The Morgan fingerprint density at radius 2 is 1.68 bits per heavy atom. The highest BCUT2D eigenvalue weighted by Gasteiger charge is 2.33. The number of benzene rings is 2. The molecule has 2 aromatic rings. The lowest BCUT2D eigenvalue weighted by Crippen LogP contribution is -2.41. The van der Waals surface area contributed by atoms with Gasteiger partial charge in [0.1, 0.15) is 5.37 Å². The summed E-state index contributed by atoms with van der Waals surface area (Å²) in [5.74, 6) is 0.0663. The smallest absolute Gasteiger partial charge is 0.253 e. The van der Waals surface area contributed by atoms with Crippen molar-refractivity contribution in [1.29, 1.82) is 0 Å². The van der Waals surface area contributed by atoms with Gasteiger partial charge in [0.15, 0.2) is 0 Å². The number of nitrogens with two attached hydrogens (primary N) is 1. The highest BCUT2D eigenvalue weighted by molar-refractivity contribution is 8.00. The Labute approximate surface area is 190 Å². The highest BCUT2D eigenvalue weighted by Crippen LogP contribution is 2.39. The molecule has 0 aliphatic carbocycles. The van der Waals surface area contributed by atoms with Gasteiger partial charge in [-0.1, -0.05) is 35.9 Å². The number of hydrogen-bond acceptors (Lipinski definition) is 4. The number of amides is 3. The van der Waals surface area contributed by atoms with Crippen LogP contribution in [0, 0.1) is 5.92 Å². The SMILES string of the molecule is NC(=O)C1CCN(C(=O)c2ccc([C@@H]3SCC(=O)N3Cc3ccc(Cl)cc3)cc2)CC1. The maximum absolute atomic E-state index is 12.8. The summed E-state index contributed by atoms with van der Waals surface area (Å²) < 4.78 is 0. The molecule has 0 radical (unpaired) electrons. The van der Waals surface area contributed by atoms with Crippen molar-refractivity contribution in [3.8, 4) is 0 Å². The quantitative estimate of drug-likeness (QED) is 0.745. The van der Waals surface area contributed by atoms with Crippen molar-refractivity contribution in [2.45, 2.75) is 24.8 Å². The number of carbonyl (C=O) groups is 3. The first-order valence-electron chi connectivity index (χ1n) is 10.3. The molecule has 0 aromatic heterocycles. The number of halogens is 1. The summed E-state index contributed by atoms with van der Waals surface area (Å²) in [6.45, 7) is 1.59. The Morgan fingerprint density at radius 3 is 2.29 bits per heavy atom. The number of primary amides is 1. The van der Waals surface area contributed by atoms with Crippen LogP contribution < -0.4 is 5.73 Å². The Morgan fingerprint density at radius 1 is 1.03 bits per heavy atom. The van der Waals surface area contributed by atoms with E-state index in [1.165, 1.54) is 0 Å². The number of rotatable bonds is 5. The van der Waals surface area contributed by atoms with Gasteiger partial charge in [0.2, 0.25) is 11.8 Å². The fourth-order valence-corrected chi connectivity index (χ4v) is 5.34. The maximum atomic E-state index is 12.8. The van der Waals surface area contributed by atoms with Crippen LogP contribution in [0.1, 0.15) is 39.7 Å². The van der Waals surface area contributed by atoms with Gasteiger partial charge in [-0.15, -0.1) is 11.8 Å². The summed E-state index contributed by atoms with van der Waals surface area (Å²) >= 11 is 7.55. The molecule has 0 bridgehead atoms. The number of thioether (sulfide) groups is 1. The minimum Gasteiger partial charge on any atom is -0.369 e. The van der Waals surface area contributed by atoms with Crippen LogP contribution in [0.3, 0.4) is 0 Å². The fraction of sp³-hybridized carbons (Fsp3) is 0.348. The summed E-state index contributed by atoms with van der Waals surface area (Å²) in [7, 11) is 0. The standard InChI is InChI=1S/C23H24ClN3O3S/c24-19-7-1-15(2-8-19)13-27-20(28)14-31-23(27)18-5-3-17(4-6-18)22(30)26-11-9-16(10-12-26)21(25)29/h1-8,16,23H,9-14H2,(H2,25,29)/t23-/m0/s1. The van der Waals surface area contributed by atoms with Gasteiger partial charge in [0.25, 0.3) is 5.91 Å². The number of likely N-dealkylation sites (tertiary alicyclic amines) is 1. The van der Waals surface area contributed by atoms with Crippen LogP contribution >= 0.6 is 23.4 Å². The second-order valence-corrected chi connectivity index (χ2v) is 9.41. The molecule has 2 aromatic carbocycles. The van der Waals surface area contributed by atoms with E-state index in [1.54, 1.807) is 16.7 Å². The van der Waals surface area contributed by atoms with Crippen molar-refractivity contribution in [2.24, 2.45) is 11.7 Å². The second kappa shape index (κ2) is 9.32. The molecule has 4 rings (SSSR count). The summed E-state index contributed by atoms with van der Waals surface area (Å²) in [6.07, 6.45) is 1.22. The van der Waals surface area contributed by atoms with E-state index in [4.69, 9.17) is 17.3 Å². The lowest BCUT2D eigenvalue weighted by atomic mass is 9.96.